The molecule has 1 amide bonds. The fourth-order valence-corrected chi connectivity index (χ4v) is 4.34. The smallest absolute Gasteiger partial charge is 0.233 e. The van der Waals surface area contributed by atoms with E-state index in [9.17, 15) is 18.7 Å². The Morgan fingerprint density at radius 1 is 1.25 bits per heavy atom. The predicted octanol–water partition coefficient (Wildman–Crippen LogP) is 3.40. The molecule has 1 aliphatic heterocycles. The van der Waals surface area contributed by atoms with Crippen LogP contribution in [-0.4, -0.2) is 35.1 Å². The van der Waals surface area contributed by atoms with Crippen LogP contribution in [0, 0.1) is 17.6 Å². The van der Waals surface area contributed by atoms with Gasteiger partial charge in [0.1, 0.15) is 11.6 Å². The quantitative estimate of drug-likeness (QED) is 0.918. The number of hydrogen-bond donors (Lipinski definition) is 1. The van der Waals surface area contributed by atoms with Crippen molar-refractivity contribution in [2.24, 2.45) is 5.92 Å². The van der Waals surface area contributed by atoms with E-state index in [1.165, 1.54) is 12.1 Å². The molecule has 0 bridgehead atoms. The molecule has 5 heteroatoms. The minimum atomic E-state index is -0.852. The average molecular weight is 337 g/mol. The maximum atomic E-state index is 14.4. The van der Waals surface area contributed by atoms with Crippen molar-refractivity contribution < 1.29 is 18.7 Å². The van der Waals surface area contributed by atoms with Gasteiger partial charge in [-0.15, -0.1) is 0 Å². The number of carbonyl (C=O) groups is 1. The molecule has 0 spiro atoms. The van der Waals surface area contributed by atoms with Gasteiger partial charge >= 0.3 is 0 Å². The van der Waals surface area contributed by atoms with Gasteiger partial charge in [-0.25, -0.2) is 8.78 Å². The number of halogens is 2. The molecule has 1 heterocycles. The van der Waals surface area contributed by atoms with E-state index in [4.69, 9.17) is 0 Å². The van der Waals surface area contributed by atoms with Crippen LogP contribution >= 0.6 is 0 Å². The number of aliphatic hydroxyl groups excluding tert-OH is 1. The first-order chi connectivity index (χ1) is 11.4. The van der Waals surface area contributed by atoms with Crippen molar-refractivity contribution in [3.05, 3.63) is 35.4 Å². The Labute approximate surface area is 141 Å². The van der Waals surface area contributed by atoms with Crippen molar-refractivity contribution in [3.63, 3.8) is 0 Å². The first-order valence-corrected chi connectivity index (χ1v) is 8.87. The molecule has 1 aliphatic carbocycles. The molecule has 1 aromatic rings. The van der Waals surface area contributed by atoms with Crippen molar-refractivity contribution in [2.75, 3.05) is 13.1 Å². The lowest BCUT2D eigenvalue weighted by Gasteiger charge is -2.39. The van der Waals surface area contributed by atoms with Gasteiger partial charge in [-0.2, -0.15) is 0 Å². The first kappa shape index (κ1) is 17.3. The van der Waals surface area contributed by atoms with E-state index >= 15 is 0 Å². The summed E-state index contributed by atoms with van der Waals surface area (Å²) in [5, 5.41) is 9.72. The van der Waals surface area contributed by atoms with Crippen molar-refractivity contribution >= 4 is 5.91 Å². The number of amides is 1. The van der Waals surface area contributed by atoms with E-state index in [2.05, 4.69) is 0 Å². The fraction of sp³-hybridized carbons (Fsp3) is 0.632. The standard InChI is InChI=1S/C19H25F2NO2/c1-13(23)14-6-10-22(11-7-14)18(24)19(8-2-3-9-19)16-5-4-15(20)12-17(16)21/h4-5,12-14,23H,2-3,6-11H2,1H3. The maximum absolute atomic E-state index is 14.4. The molecule has 2 fully saturated rings. The van der Waals surface area contributed by atoms with Crippen LogP contribution in [0.1, 0.15) is 51.0 Å². The third kappa shape index (κ3) is 3.06. The molecule has 0 aromatic heterocycles. The third-order valence-corrected chi connectivity index (χ3v) is 5.82. The minimum Gasteiger partial charge on any atom is -0.393 e. The summed E-state index contributed by atoms with van der Waals surface area (Å²) in [5.41, 5.74) is -0.515. The lowest BCUT2D eigenvalue weighted by atomic mass is 9.76. The van der Waals surface area contributed by atoms with Gasteiger partial charge in [0.15, 0.2) is 0 Å². The van der Waals surface area contributed by atoms with Crippen LogP contribution in [0.4, 0.5) is 8.78 Å². The Hall–Kier alpha value is -1.49. The van der Waals surface area contributed by atoms with Crippen LogP contribution in [0.25, 0.3) is 0 Å². The molecule has 3 rings (SSSR count). The first-order valence-electron chi connectivity index (χ1n) is 8.87. The van der Waals surface area contributed by atoms with Gasteiger partial charge in [-0.1, -0.05) is 18.9 Å². The van der Waals surface area contributed by atoms with E-state index in [0.717, 1.165) is 31.7 Å². The Morgan fingerprint density at radius 2 is 1.88 bits per heavy atom. The van der Waals surface area contributed by atoms with E-state index in [-0.39, 0.29) is 17.9 Å². The highest BCUT2D eigenvalue weighted by Crippen LogP contribution is 2.44. The summed E-state index contributed by atoms with van der Waals surface area (Å²) in [6.07, 6.45) is 4.17. The number of carbonyl (C=O) groups excluding carboxylic acids is 1. The molecular formula is C19H25F2NO2. The van der Waals surface area contributed by atoms with E-state index in [1.54, 1.807) is 6.92 Å². The van der Waals surface area contributed by atoms with Gasteiger partial charge in [-0.05, 0) is 44.6 Å². The van der Waals surface area contributed by atoms with Crippen molar-refractivity contribution in [3.8, 4) is 0 Å². The normalized spacial score (nSPS) is 22.6. The summed E-state index contributed by atoms with van der Waals surface area (Å²) < 4.78 is 27.7. The zero-order chi connectivity index (χ0) is 17.3. The second-order valence-electron chi connectivity index (χ2n) is 7.28. The summed E-state index contributed by atoms with van der Waals surface area (Å²) in [6.45, 7) is 2.98. The second-order valence-corrected chi connectivity index (χ2v) is 7.28. The van der Waals surface area contributed by atoms with Crippen LogP contribution in [0.5, 0.6) is 0 Å². The molecule has 2 aliphatic rings. The van der Waals surface area contributed by atoms with Gasteiger partial charge in [0, 0.05) is 24.7 Å². The number of nitrogens with zero attached hydrogens (tertiary/aromatic N) is 1. The third-order valence-electron chi connectivity index (χ3n) is 5.82. The molecule has 1 N–H and O–H groups in total. The van der Waals surface area contributed by atoms with Crippen LogP contribution in [0.3, 0.4) is 0 Å². The molecular weight excluding hydrogens is 312 g/mol. The van der Waals surface area contributed by atoms with Gasteiger partial charge < -0.3 is 10.0 Å². The lowest BCUT2D eigenvalue weighted by Crippen LogP contribution is -2.49. The molecule has 1 aromatic carbocycles. The predicted molar refractivity (Wildman–Crippen MR) is 87.5 cm³/mol. The number of rotatable bonds is 3. The van der Waals surface area contributed by atoms with Crippen LogP contribution in [-0.2, 0) is 10.2 Å². The maximum Gasteiger partial charge on any atom is 0.233 e. The summed E-state index contributed by atoms with van der Waals surface area (Å²) in [5.74, 6) is -1.05. The zero-order valence-electron chi connectivity index (χ0n) is 14.1. The zero-order valence-corrected chi connectivity index (χ0v) is 14.1. The Bertz CT molecular complexity index is 603. The average Bonchev–Trinajstić information content (AvgIpc) is 3.05. The number of benzene rings is 1. The molecule has 24 heavy (non-hydrogen) atoms. The van der Waals surface area contributed by atoms with Crippen LogP contribution in [0.15, 0.2) is 18.2 Å². The summed E-state index contributed by atoms with van der Waals surface area (Å²) in [7, 11) is 0. The van der Waals surface area contributed by atoms with Gasteiger partial charge in [0.25, 0.3) is 0 Å². The Kier molecular flexibility index (Phi) is 4.90. The summed E-state index contributed by atoms with van der Waals surface area (Å²) >= 11 is 0. The van der Waals surface area contributed by atoms with Gasteiger partial charge in [0.2, 0.25) is 5.91 Å². The molecule has 1 saturated carbocycles. The minimum absolute atomic E-state index is 0.0328. The van der Waals surface area contributed by atoms with E-state index < -0.39 is 17.0 Å². The molecule has 0 radical (unpaired) electrons. The van der Waals surface area contributed by atoms with E-state index in [1.807, 2.05) is 4.90 Å². The molecule has 1 atom stereocenters. The summed E-state index contributed by atoms with van der Waals surface area (Å²) in [6, 6.07) is 3.56. The Morgan fingerprint density at radius 3 is 2.42 bits per heavy atom. The number of hydrogen-bond acceptors (Lipinski definition) is 2. The SMILES string of the molecule is CC(O)C1CCN(C(=O)C2(c3ccc(F)cc3F)CCCC2)CC1. The van der Waals surface area contributed by atoms with E-state index in [0.29, 0.717) is 31.5 Å². The summed E-state index contributed by atoms with van der Waals surface area (Å²) in [4.78, 5) is 15.1. The molecule has 3 nitrogen and oxygen atoms in total. The Balaban J connectivity index is 1.84. The van der Waals surface area contributed by atoms with Crippen LogP contribution in [0.2, 0.25) is 0 Å². The molecule has 1 saturated heterocycles. The number of piperidine rings is 1. The van der Waals surface area contributed by atoms with Crippen LogP contribution < -0.4 is 0 Å². The largest absolute Gasteiger partial charge is 0.393 e. The number of aliphatic hydroxyl groups is 1. The topological polar surface area (TPSA) is 40.5 Å². The number of likely N-dealkylation sites (tertiary alicyclic amines) is 1. The van der Waals surface area contributed by atoms with Crippen molar-refractivity contribution in [1.29, 1.82) is 0 Å². The highest BCUT2D eigenvalue weighted by Gasteiger charge is 2.47. The van der Waals surface area contributed by atoms with Gasteiger partial charge in [0.05, 0.1) is 11.5 Å². The van der Waals surface area contributed by atoms with Crippen molar-refractivity contribution in [1.82, 2.24) is 4.90 Å². The highest BCUT2D eigenvalue weighted by molar-refractivity contribution is 5.88. The molecule has 1 unspecified atom stereocenters. The molecule has 132 valence electrons. The van der Waals surface area contributed by atoms with Crippen molar-refractivity contribution in [2.45, 2.75) is 57.0 Å². The highest BCUT2D eigenvalue weighted by atomic mass is 19.1. The lowest BCUT2D eigenvalue weighted by molar-refractivity contribution is -0.139. The monoisotopic (exact) mass is 337 g/mol. The van der Waals surface area contributed by atoms with Gasteiger partial charge in [-0.3, -0.25) is 4.79 Å². The second kappa shape index (κ2) is 6.79. The fourth-order valence-electron chi connectivity index (χ4n) is 4.34.